The molecule has 8 nitrogen and oxygen atoms in total. The van der Waals surface area contributed by atoms with Gasteiger partial charge in [0.2, 0.25) is 0 Å². The molecule has 2 aromatic rings. The molecule has 0 atom stereocenters. The Hall–Kier alpha value is -1.98. The number of rotatable bonds is 6. The van der Waals surface area contributed by atoms with E-state index in [9.17, 15) is 9.59 Å². The van der Waals surface area contributed by atoms with E-state index >= 15 is 0 Å². The fourth-order valence-electron chi connectivity index (χ4n) is 2.25. The van der Waals surface area contributed by atoms with Crippen LogP contribution in [0.15, 0.2) is 16.9 Å². The Bertz CT molecular complexity index is 862. The second kappa shape index (κ2) is 9.29. The summed E-state index contributed by atoms with van der Waals surface area (Å²) in [6.45, 7) is 2.88. The number of carbonyl (C=O) groups is 2. The van der Waals surface area contributed by atoms with Crippen molar-refractivity contribution >= 4 is 61.5 Å². The summed E-state index contributed by atoms with van der Waals surface area (Å²) in [6.07, 6.45) is 3.56. The van der Waals surface area contributed by atoms with Crippen LogP contribution in [0.1, 0.15) is 25.6 Å². The molecule has 2 rings (SSSR count). The minimum absolute atomic E-state index is 0.182. The predicted octanol–water partition coefficient (Wildman–Crippen LogP) is 2.49. The van der Waals surface area contributed by atoms with Gasteiger partial charge in [-0.3, -0.25) is 9.48 Å². The molecule has 0 aliphatic rings. The molecular weight excluding hydrogens is 454 g/mol. The summed E-state index contributed by atoms with van der Waals surface area (Å²) in [5.41, 5.74) is 0.880. The second-order valence-electron chi connectivity index (χ2n) is 5.75. The first-order valence-electron chi connectivity index (χ1n) is 7.90. The van der Waals surface area contributed by atoms with E-state index in [1.807, 2.05) is 6.20 Å². The zero-order valence-electron chi connectivity index (χ0n) is 15.3. The largest absolute Gasteiger partial charge is 0.465 e. The molecule has 1 amide bonds. The van der Waals surface area contributed by atoms with Gasteiger partial charge >= 0.3 is 5.97 Å². The number of nitrogens with zero attached hydrogens (tertiary/aromatic N) is 3. The standard InChI is InChI=1S/C16H20BrN5O3S2/c1-9-11(15(24)25-4)13(27-12(9)14(23)21(2)3)20-16(26)18-5-6-22-8-10(17)7-19-22/h7-8H,5-6H2,1-4H3,(H2,18,20,26). The number of esters is 1. The van der Waals surface area contributed by atoms with Crippen molar-refractivity contribution in [1.82, 2.24) is 20.0 Å². The smallest absolute Gasteiger partial charge is 0.341 e. The van der Waals surface area contributed by atoms with Crippen molar-refractivity contribution < 1.29 is 14.3 Å². The summed E-state index contributed by atoms with van der Waals surface area (Å²) in [7, 11) is 4.62. The molecule has 0 fully saturated rings. The third-order valence-corrected chi connectivity index (χ3v) is 5.44. The fraction of sp³-hybridized carbons (Fsp3) is 0.375. The molecule has 146 valence electrons. The van der Waals surface area contributed by atoms with Crippen LogP contribution in [-0.4, -0.2) is 59.4 Å². The number of amides is 1. The molecule has 0 bridgehead atoms. The summed E-state index contributed by atoms with van der Waals surface area (Å²) < 4.78 is 7.52. The minimum Gasteiger partial charge on any atom is -0.465 e. The van der Waals surface area contributed by atoms with Crippen LogP contribution < -0.4 is 10.6 Å². The highest BCUT2D eigenvalue weighted by Crippen LogP contribution is 2.34. The maximum absolute atomic E-state index is 12.4. The van der Waals surface area contributed by atoms with Crippen molar-refractivity contribution in [2.75, 3.05) is 33.1 Å². The molecule has 27 heavy (non-hydrogen) atoms. The number of anilines is 1. The number of halogens is 1. The van der Waals surface area contributed by atoms with Crippen molar-refractivity contribution in [3.8, 4) is 0 Å². The lowest BCUT2D eigenvalue weighted by molar-refractivity contribution is 0.0601. The minimum atomic E-state index is -0.520. The lowest BCUT2D eigenvalue weighted by atomic mass is 10.1. The van der Waals surface area contributed by atoms with Gasteiger partial charge in [0.05, 0.1) is 34.8 Å². The Morgan fingerprint density at radius 3 is 2.70 bits per heavy atom. The number of aromatic nitrogens is 2. The van der Waals surface area contributed by atoms with E-state index in [1.165, 1.54) is 23.3 Å². The SMILES string of the molecule is COC(=O)c1c(NC(=S)NCCn2cc(Br)cn2)sc(C(=O)N(C)C)c1C. The van der Waals surface area contributed by atoms with E-state index in [1.54, 1.807) is 31.9 Å². The number of thiophene rings is 1. The van der Waals surface area contributed by atoms with E-state index < -0.39 is 5.97 Å². The number of carbonyl (C=O) groups excluding carboxylic acids is 2. The maximum Gasteiger partial charge on any atom is 0.341 e. The Labute approximate surface area is 175 Å². The lowest BCUT2D eigenvalue weighted by Gasteiger charge is -2.10. The van der Waals surface area contributed by atoms with E-state index in [-0.39, 0.29) is 5.91 Å². The van der Waals surface area contributed by atoms with Crippen molar-refractivity contribution in [1.29, 1.82) is 0 Å². The van der Waals surface area contributed by atoms with Gasteiger partial charge in [0.25, 0.3) is 5.91 Å². The van der Waals surface area contributed by atoms with Crippen molar-refractivity contribution in [3.63, 3.8) is 0 Å². The second-order valence-corrected chi connectivity index (χ2v) is 8.10. The first kappa shape index (κ1) is 21.3. The Morgan fingerprint density at radius 2 is 2.15 bits per heavy atom. The fourth-order valence-corrected chi connectivity index (χ4v) is 4.07. The zero-order chi connectivity index (χ0) is 20.1. The summed E-state index contributed by atoms with van der Waals surface area (Å²) in [6, 6.07) is 0. The normalized spacial score (nSPS) is 10.4. The van der Waals surface area contributed by atoms with Crippen LogP contribution in [0, 0.1) is 6.92 Å². The highest BCUT2D eigenvalue weighted by Gasteiger charge is 2.26. The van der Waals surface area contributed by atoms with Gasteiger partial charge in [0, 0.05) is 26.8 Å². The van der Waals surface area contributed by atoms with Gasteiger partial charge < -0.3 is 20.3 Å². The molecule has 2 aromatic heterocycles. The van der Waals surface area contributed by atoms with Crippen LogP contribution in [0.25, 0.3) is 0 Å². The topological polar surface area (TPSA) is 88.5 Å². The summed E-state index contributed by atoms with van der Waals surface area (Å²) in [5.74, 6) is -0.702. The van der Waals surface area contributed by atoms with Gasteiger partial charge in [0.1, 0.15) is 5.00 Å². The summed E-state index contributed by atoms with van der Waals surface area (Å²) >= 11 is 9.82. The molecule has 0 aliphatic heterocycles. The van der Waals surface area contributed by atoms with Crippen molar-refractivity contribution in [2.45, 2.75) is 13.5 Å². The first-order valence-corrected chi connectivity index (χ1v) is 9.92. The van der Waals surface area contributed by atoms with E-state index in [2.05, 4.69) is 31.7 Å². The van der Waals surface area contributed by atoms with Crippen LogP contribution in [0.3, 0.4) is 0 Å². The Balaban J connectivity index is 2.11. The van der Waals surface area contributed by atoms with Crippen molar-refractivity contribution in [2.24, 2.45) is 0 Å². The van der Waals surface area contributed by atoms with Crippen LogP contribution >= 0.6 is 39.5 Å². The van der Waals surface area contributed by atoms with E-state index in [0.29, 0.717) is 39.2 Å². The zero-order valence-corrected chi connectivity index (χ0v) is 18.5. The molecule has 0 unspecified atom stereocenters. The molecule has 2 N–H and O–H groups in total. The highest BCUT2D eigenvalue weighted by atomic mass is 79.9. The third kappa shape index (κ3) is 5.27. The van der Waals surface area contributed by atoms with Gasteiger partial charge in [-0.2, -0.15) is 5.10 Å². The Kier molecular flexibility index (Phi) is 7.33. The van der Waals surface area contributed by atoms with Gasteiger partial charge in [-0.05, 0) is 40.6 Å². The van der Waals surface area contributed by atoms with Gasteiger partial charge in [-0.25, -0.2) is 4.79 Å². The lowest BCUT2D eigenvalue weighted by Crippen LogP contribution is -2.31. The van der Waals surface area contributed by atoms with Crippen LogP contribution in [-0.2, 0) is 11.3 Å². The van der Waals surface area contributed by atoms with E-state index in [0.717, 1.165) is 4.47 Å². The number of hydrogen-bond acceptors (Lipinski definition) is 6. The molecular formula is C16H20BrN5O3S2. The number of ether oxygens (including phenoxy) is 1. The van der Waals surface area contributed by atoms with Crippen molar-refractivity contribution in [3.05, 3.63) is 32.9 Å². The molecule has 0 saturated carbocycles. The van der Waals surface area contributed by atoms with E-state index in [4.69, 9.17) is 17.0 Å². The number of thiocarbonyl (C=S) groups is 1. The molecule has 2 heterocycles. The number of hydrogen-bond donors (Lipinski definition) is 2. The van der Waals surface area contributed by atoms with Gasteiger partial charge in [-0.15, -0.1) is 11.3 Å². The first-order chi connectivity index (χ1) is 12.7. The Morgan fingerprint density at radius 1 is 1.44 bits per heavy atom. The maximum atomic E-state index is 12.4. The number of nitrogens with one attached hydrogen (secondary N) is 2. The average Bonchev–Trinajstić information content (AvgIpc) is 3.16. The van der Waals surface area contributed by atoms with Gasteiger partial charge in [0.15, 0.2) is 5.11 Å². The van der Waals surface area contributed by atoms with Crippen LogP contribution in [0.4, 0.5) is 5.00 Å². The predicted molar refractivity (Wildman–Crippen MR) is 113 cm³/mol. The highest BCUT2D eigenvalue weighted by molar-refractivity contribution is 9.10. The molecule has 0 aliphatic carbocycles. The average molecular weight is 474 g/mol. The van der Waals surface area contributed by atoms with Gasteiger partial charge in [-0.1, -0.05) is 0 Å². The quantitative estimate of drug-likeness (QED) is 0.491. The molecule has 0 spiro atoms. The molecule has 11 heteroatoms. The summed E-state index contributed by atoms with van der Waals surface area (Å²) in [4.78, 5) is 26.5. The van der Waals surface area contributed by atoms with Crippen LogP contribution in [0.5, 0.6) is 0 Å². The third-order valence-electron chi connectivity index (χ3n) is 3.59. The number of methoxy groups -OCH3 is 1. The monoisotopic (exact) mass is 473 g/mol. The summed E-state index contributed by atoms with van der Waals surface area (Å²) in [5, 5.41) is 11.0. The molecule has 0 radical (unpaired) electrons. The van der Waals surface area contributed by atoms with Crippen LogP contribution in [0.2, 0.25) is 0 Å². The molecule has 0 saturated heterocycles. The molecule has 0 aromatic carbocycles.